The number of rotatable bonds is 6. The van der Waals surface area contributed by atoms with Gasteiger partial charge in [-0.05, 0) is 44.5 Å². The van der Waals surface area contributed by atoms with Gasteiger partial charge in [-0.25, -0.2) is 9.97 Å². The number of aryl methyl sites for hydroxylation is 1. The second-order valence-electron chi connectivity index (χ2n) is 6.62. The highest BCUT2D eigenvalue weighted by molar-refractivity contribution is 5.79. The Morgan fingerprint density at radius 1 is 1.15 bits per heavy atom. The van der Waals surface area contributed by atoms with E-state index in [2.05, 4.69) is 36.6 Å². The van der Waals surface area contributed by atoms with Crippen molar-refractivity contribution in [1.29, 1.82) is 0 Å². The number of hydrogen-bond acceptors (Lipinski definition) is 4. The Kier molecular flexibility index (Phi) is 6.60. The van der Waals surface area contributed by atoms with Gasteiger partial charge in [0.05, 0.1) is 0 Å². The van der Waals surface area contributed by atoms with Crippen LogP contribution in [0.4, 0.5) is 0 Å². The number of nitrogens with zero attached hydrogens (tertiary/aromatic N) is 5. The molecule has 2 aromatic rings. The monoisotopic (exact) mass is 355 g/mol. The Balaban J connectivity index is 1.44. The molecule has 3 rings (SSSR count). The topological polar surface area (TPSA) is 70.4 Å². The van der Waals surface area contributed by atoms with Crippen LogP contribution in [0.1, 0.15) is 30.7 Å². The molecule has 0 aliphatic carbocycles. The molecule has 3 heterocycles. The SMILES string of the molecule is CN=C(NCCN1CCCCC1)NCc1ccc(-n2ccnc2C)nc1. The summed E-state index contributed by atoms with van der Waals surface area (Å²) in [5.74, 6) is 2.64. The first-order valence-corrected chi connectivity index (χ1v) is 9.38. The number of aliphatic imine (C=N–C) groups is 1. The summed E-state index contributed by atoms with van der Waals surface area (Å²) in [7, 11) is 1.80. The molecule has 7 heteroatoms. The van der Waals surface area contributed by atoms with Crippen molar-refractivity contribution in [3.63, 3.8) is 0 Å². The Hall–Kier alpha value is -2.41. The van der Waals surface area contributed by atoms with E-state index in [1.807, 2.05) is 30.0 Å². The molecule has 2 N–H and O–H groups in total. The third-order valence-electron chi connectivity index (χ3n) is 4.73. The van der Waals surface area contributed by atoms with Gasteiger partial charge in [0.15, 0.2) is 5.96 Å². The summed E-state index contributed by atoms with van der Waals surface area (Å²) in [5.41, 5.74) is 1.12. The van der Waals surface area contributed by atoms with Crippen molar-refractivity contribution >= 4 is 5.96 Å². The molecular weight excluding hydrogens is 326 g/mol. The van der Waals surface area contributed by atoms with E-state index < -0.39 is 0 Å². The molecule has 2 aromatic heterocycles. The van der Waals surface area contributed by atoms with E-state index in [4.69, 9.17) is 0 Å². The van der Waals surface area contributed by atoms with Gasteiger partial charge in [-0.3, -0.25) is 9.56 Å². The number of guanidine groups is 1. The number of piperidine rings is 1. The molecule has 1 aliphatic rings. The molecule has 140 valence electrons. The maximum Gasteiger partial charge on any atom is 0.191 e. The lowest BCUT2D eigenvalue weighted by Gasteiger charge is -2.26. The predicted octanol–water partition coefficient (Wildman–Crippen LogP) is 1.73. The molecule has 7 nitrogen and oxygen atoms in total. The number of nitrogens with one attached hydrogen (secondary N) is 2. The number of imidazole rings is 1. The molecule has 0 spiro atoms. The van der Waals surface area contributed by atoms with E-state index in [9.17, 15) is 0 Å². The molecule has 26 heavy (non-hydrogen) atoms. The molecule has 1 aliphatic heterocycles. The number of pyridine rings is 1. The normalized spacial score (nSPS) is 15.8. The van der Waals surface area contributed by atoms with Crippen LogP contribution in [0.25, 0.3) is 5.82 Å². The maximum absolute atomic E-state index is 4.53. The largest absolute Gasteiger partial charge is 0.355 e. The molecular formula is C19H29N7. The Morgan fingerprint density at radius 3 is 2.65 bits per heavy atom. The van der Waals surface area contributed by atoms with Gasteiger partial charge in [-0.2, -0.15) is 0 Å². The quantitative estimate of drug-likeness (QED) is 0.610. The Morgan fingerprint density at radius 2 is 2.00 bits per heavy atom. The van der Waals surface area contributed by atoms with Gasteiger partial charge in [-0.1, -0.05) is 12.5 Å². The van der Waals surface area contributed by atoms with E-state index >= 15 is 0 Å². The maximum atomic E-state index is 4.53. The lowest BCUT2D eigenvalue weighted by atomic mass is 10.1. The predicted molar refractivity (Wildman–Crippen MR) is 105 cm³/mol. The van der Waals surface area contributed by atoms with Crippen LogP contribution in [0.15, 0.2) is 35.7 Å². The first-order chi connectivity index (χ1) is 12.8. The molecule has 0 amide bonds. The fourth-order valence-corrected chi connectivity index (χ4v) is 3.21. The van der Waals surface area contributed by atoms with Crippen LogP contribution in [-0.4, -0.2) is 58.6 Å². The molecule has 0 saturated carbocycles. The van der Waals surface area contributed by atoms with Crippen molar-refractivity contribution in [2.45, 2.75) is 32.7 Å². The van der Waals surface area contributed by atoms with Crippen LogP contribution in [-0.2, 0) is 6.54 Å². The summed E-state index contributed by atoms with van der Waals surface area (Å²) < 4.78 is 1.97. The standard InChI is InChI=1S/C19H29N7/c1-16-21-9-13-26(16)18-7-6-17(14-23-18)15-24-19(20-2)22-8-12-25-10-4-3-5-11-25/h6-7,9,13-14H,3-5,8,10-12,15H2,1-2H3,(H2,20,22,24). The molecule has 0 aromatic carbocycles. The van der Waals surface area contributed by atoms with E-state index in [-0.39, 0.29) is 0 Å². The number of hydrogen-bond donors (Lipinski definition) is 2. The first-order valence-electron chi connectivity index (χ1n) is 9.38. The van der Waals surface area contributed by atoms with Crippen molar-refractivity contribution in [2.24, 2.45) is 4.99 Å². The lowest BCUT2D eigenvalue weighted by Crippen LogP contribution is -2.42. The highest BCUT2D eigenvalue weighted by atomic mass is 15.2. The van der Waals surface area contributed by atoms with Crippen LogP contribution in [0.5, 0.6) is 0 Å². The summed E-state index contributed by atoms with van der Waals surface area (Å²) in [6.45, 7) is 7.10. The van der Waals surface area contributed by atoms with Crippen molar-refractivity contribution in [2.75, 3.05) is 33.2 Å². The molecule has 0 atom stereocenters. The highest BCUT2D eigenvalue weighted by Crippen LogP contribution is 2.08. The lowest BCUT2D eigenvalue weighted by molar-refractivity contribution is 0.232. The van der Waals surface area contributed by atoms with Crippen LogP contribution in [0, 0.1) is 6.92 Å². The van der Waals surface area contributed by atoms with Crippen molar-refractivity contribution in [1.82, 2.24) is 30.1 Å². The number of likely N-dealkylation sites (tertiary alicyclic amines) is 1. The van der Waals surface area contributed by atoms with Gasteiger partial charge >= 0.3 is 0 Å². The van der Waals surface area contributed by atoms with Crippen LogP contribution in [0.3, 0.4) is 0 Å². The van der Waals surface area contributed by atoms with Gasteiger partial charge < -0.3 is 15.5 Å². The van der Waals surface area contributed by atoms with Crippen LogP contribution < -0.4 is 10.6 Å². The zero-order chi connectivity index (χ0) is 18.2. The number of aromatic nitrogens is 3. The molecule has 0 radical (unpaired) electrons. The Bertz CT molecular complexity index is 699. The van der Waals surface area contributed by atoms with E-state index in [0.717, 1.165) is 36.3 Å². The van der Waals surface area contributed by atoms with Gasteiger partial charge in [0, 0.05) is 45.3 Å². The molecule has 0 unspecified atom stereocenters. The van der Waals surface area contributed by atoms with Crippen molar-refractivity contribution < 1.29 is 0 Å². The van der Waals surface area contributed by atoms with E-state index in [1.54, 1.807) is 13.2 Å². The average molecular weight is 355 g/mol. The van der Waals surface area contributed by atoms with Crippen molar-refractivity contribution in [3.8, 4) is 5.82 Å². The summed E-state index contributed by atoms with van der Waals surface area (Å²) in [4.78, 5) is 15.6. The minimum Gasteiger partial charge on any atom is -0.355 e. The third kappa shape index (κ3) is 5.05. The van der Waals surface area contributed by atoms with Crippen molar-refractivity contribution in [3.05, 3.63) is 42.1 Å². The van der Waals surface area contributed by atoms with Gasteiger partial charge in [0.25, 0.3) is 0 Å². The summed E-state index contributed by atoms with van der Waals surface area (Å²) >= 11 is 0. The fraction of sp³-hybridized carbons (Fsp3) is 0.526. The first kappa shape index (κ1) is 18.4. The second kappa shape index (κ2) is 9.33. The summed E-state index contributed by atoms with van der Waals surface area (Å²) in [6, 6.07) is 4.09. The minimum atomic E-state index is 0.694. The van der Waals surface area contributed by atoms with Gasteiger partial charge in [0.2, 0.25) is 0 Å². The van der Waals surface area contributed by atoms with E-state index in [0.29, 0.717) is 6.54 Å². The van der Waals surface area contributed by atoms with Gasteiger partial charge in [0.1, 0.15) is 11.6 Å². The average Bonchev–Trinajstić information content (AvgIpc) is 3.12. The van der Waals surface area contributed by atoms with Crippen LogP contribution in [0.2, 0.25) is 0 Å². The molecule has 1 fully saturated rings. The van der Waals surface area contributed by atoms with Gasteiger partial charge in [-0.15, -0.1) is 0 Å². The van der Waals surface area contributed by atoms with Crippen LogP contribution >= 0.6 is 0 Å². The molecule has 0 bridgehead atoms. The summed E-state index contributed by atoms with van der Waals surface area (Å²) in [5, 5.41) is 6.74. The third-order valence-corrected chi connectivity index (χ3v) is 4.73. The zero-order valence-corrected chi connectivity index (χ0v) is 15.8. The Labute approximate surface area is 155 Å². The second-order valence-corrected chi connectivity index (χ2v) is 6.62. The fourth-order valence-electron chi connectivity index (χ4n) is 3.21. The highest BCUT2D eigenvalue weighted by Gasteiger charge is 2.09. The molecule has 1 saturated heterocycles. The minimum absolute atomic E-state index is 0.694. The smallest absolute Gasteiger partial charge is 0.191 e. The zero-order valence-electron chi connectivity index (χ0n) is 15.8. The van der Waals surface area contributed by atoms with E-state index in [1.165, 1.54) is 32.4 Å². The summed E-state index contributed by atoms with van der Waals surface area (Å²) in [6.07, 6.45) is 9.63.